The Balaban J connectivity index is 1.69. The molecule has 2 aromatic rings. The first-order valence-corrected chi connectivity index (χ1v) is 11.3. The number of alkyl halides is 3. The van der Waals surface area contributed by atoms with Crippen molar-refractivity contribution in [3.63, 3.8) is 0 Å². The highest BCUT2D eigenvalue weighted by molar-refractivity contribution is 7.90. The van der Waals surface area contributed by atoms with Gasteiger partial charge in [-0.25, -0.2) is 17.7 Å². The third kappa shape index (κ3) is 3.86. The summed E-state index contributed by atoms with van der Waals surface area (Å²) in [5.41, 5.74) is 4.08. The highest BCUT2D eigenvalue weighted by Gasteiger charge is 2.52. The minimum Gasteiger partial charge on any atom is -0.493 e. The van der Waals surface area contributed by atoms with Crippen molar-refractivity contribution in [1.29, 1.82) is 0 Å². The Morgan fingerprint density at radius 3 is 2.67 bits per heavy atom. The zero-order valence-electron chi connectivity index (χ0n) is 17.5. The molecule has 0 radical (unpaired) electrons. The van der Waals surface area contributed by atoms with Crippen LogP contribution in [0.4, 0.5) is 18.9 Å². The number of carbonyl (C=O) groups is 1. The Morgan fingerprint density at radius 2 is 2.03 bits per heavy atom. The highest BCUT2D eigenvalue weighted by Crippen LogP contribution is 2.46. The van der Waals surface area contributed by atoms with E-state index in [2.05, 4.69) is 15.3 Å². The maximum absolute atomic E-state index is 13.0. The fourth-order valence-electron chi connectivity index (χ4n) is 3.95. The number of sulfonamides is 1. The molecule has 1 amide bonds. The average molecular weight is 483 g/mol. The number of anilines is 1. The van der Waals surface area contributed by atoms with E-state index in [0.29, 0.717) is 17.5 Å². The van der Waals surface area contributed by atoms with Gasteiger partial charge in [0, 0.05) is 30.9 Å². The summed E-state index contributed by atoms with van der Waals surface area (Å²) in [7, 11) is -2.50. The summed E-state index contributed by atoms with van der Waals surface area (Å²) in [6.07, 6.45) is -3.82. The average Bonchev–Trinajstić information content (AvgIpc) is 2.89. The molecule has 0 aliphatic carbocycles. The Bertz CT molecular complexity index is 1250. The molecule has 0 fully saturated rings. The van der Waals surface area contributed by atoms with Crippen molar-refractivity contribution in [2.24, 2.45) is 10.7 Å². The van der Waals surface area contributed by atoms with Gasteiger partial charge in [0.2, 0.25) is 16.0 Å². The van der Waals surface area contributed by atoms with Crippen LogP contribution in [-0.2, 0) is 21.7 Å². The van der Waals surface area contributed by atoms with Crippen LogP contribution in [0.15, 0.2) is 41.5 Å². The summed E-state index contributed by atoms with van der Waals surface area (Å²) in [5, 5.41) is 1.61. The van der Waals surface area contributed by atoms with Gasteiger partial charge < -0.3 is 15.8 Å². The maximum Gasteiger partial charge on any atom is 0.417 e. The van der Waals surface area contributed by atoms with Crippen LogP contribution < -0.4 is 15.8 Å². The molecule has 0 saturated heterocycles. The molecule has 176 valence electrons. The molecule has 3 N–H and O–H groups in total. The fourth-order valence-corrected chi connectivity index (χ4v) is 5.79. The molecule has 3 heterocycles. The standard InChI is InChI=1S/C20H20F3N5O4S/c1-19-13-9-12(26-17(29)14-5-3-11(10-25-14)20(21,22)23)4-6-15(13)32-8-7-16(19)33(30,31)28(2)18(24)27-19/h3-6,9-10,16H,7-8H2,1-2H3,(H2,24,27)(H,26,29)/t16-,19+/m0/s1. The first kappa shape index (κ1) is 22.8. The fraction of sp³-hybridized carbons (Fsp3) is 0.350. The zero-order chi connectivity index (χ0) is 24.2. The molecule has 0 spiro atoms. The molecule has 13 heteroatoms. The normalized spacial score (nSPS) is 24.0. The van der Waals surface area contributed by atoms with Crippen molar-refractivity contribution in [2.45, 2.75) is 30.3 Å². The second-order valence-electron chi connectivity index (χ2n) is 7.85. The number of hydrogen-bond donors (Lipinski definition) is 2. The number of amides is 1. The predicted octanol–water partition coefficient (Wildman–Crippen LogP) is 2.31. The number of halogens is 3. The van der Waals surface area contributed by atoms with Gasteiger partial charge in [0.05, 0.1) is 12.2 Å². The summed E-state index contributed by atoms with van der Waals surface area (Å²) in [6, 6.07) is 6.35. The number of guanidine groups is 1. The number of hydrogen-bond acceptors (Lipinski definition) is 7. The number of pyridine rings is 1. The van der Waals surface area contributed by atoms with Crippen molar-refractivity contribution in [3.05, 3.63) is 53.3 Å². The number of nitrogens with two attached hydrogens (primary N) is 1. The van der Waals surface area contributed by atoms with Gasteiger partial charge in [0.25, 0.3) is 5.91 Å². The van der Waals surface area contributed by atoms with E-state index in [0.717, 1.165) is 16.4 Å². The maximum atomic E-state index is 13.0. The van der Waals surface area contributed by atoms with Crippen LogP contribution in [0, 0.1) is 0 Å². The van der Waals surface area contributed by atoms with Crippen LogP contribution in [0.2, 0.25) is 0 Å². The summed E-state index contributed by atoms with van der Waals surface area (Å²) < 4.78 is 70.9. The van der Waals surface area contributed by atoms with Crippen molar-refractivity contribution in [1.82, 2.24) is 9.29 Å². The van der Waals surface area contributed by atoms with Gasteiger partial charge in [-0.15, -0.1) is 0 Å². The van der Waals surface area contributed by atoms with E-state index in [1.165, 1.54) is 19.2 Å². The number of nitrogens with one attached hydrogen (secondary N) is 1. The Hall–Kier alpha value is -3.35. The van der Waals surface area contributed by atoms with Crippen molar-refractivity contribution in [3.8, 4) is 5.75 Å². The van der Waals surface area contributed by atoms with Crippen molar-refractivity contribution < 1.29 is 31.1 Å². The second kappa shape index (κ2) is 7.61. The van der Waals surface area contributed by atoms with E-state index in [1.54, 1.807) is 13.0 Å². The Kier molecular flexibility index (Phi) is 5.26. The summed E-state index contributed by atoms with van der Waals surface area (Å²) in [6.45, 7) is 1.77. The molecule has 4 rings (SSSR count). The lowest BCUT2D eigenvalue weighted by atomic mass is 9.87. The van der Waals surface area contributed by atoms with E-state index in [4.69, 9.17) is 10.5 Å². The van der Waals surface area contributed by atoms with Gasteiger partial charge in [-0.3, -0.25) is 9.78 Å². The minimum atomic E-state index is -4.57. The first-order valence-electron chi connectivity index (χ1n) is 9.79. The molecule has 9 nitrogen and oxygen atoms in total. The third-order valence-electron chi connectivity index (χ3n) is 5.78. The predicted molar refractivity (Wildman–Crippen MR) is 113 cm³/mol. The monoisotopic (exact) mass is 483 g/mol. The van der Waals surface area contributed by atoms with E-state index in [-0.39, 0.29) is 30.4 Å². The molecule has 2 atom stereocenters. The smallest absolute Gasteiger partial charge is 0.417 e. The van der Waals surface area contributed by atoms with Crippen LogP contribution in [0.5, 0.6) is 5.75 Å². The molecule has 0 bridgehead atoms. The number of fused-ring (bicyclic) bond motifs is 3. The number of rotatable bonds is 2. The number of ether oxygens (including phenoxy) is 1. The topological polar surface area (TPSA) is 127 Å². The van der Waals surface area contributed by atoms with E-state index in [1.807, 2.05) is 0 Å². The van der Waals surface area contributed by atoms with Gasteiger partial charge >= 0.3 is 6.18 Å². The van der Waals surface area contributed by atoms with Crippen LogP contribution in [-0.4, -0.2) is 48.5 Å². The number of nitrogens with zero attached hydrogens (tertiary/aromatic N) is 3. The van der Waals surface area contributed by atoms with E-state index >= 15 is 0 Å². The van der Waals surface area contributed by atoms with Gasteiger partial charge in [0.15, 0.2) is 0 Å². The summed E-state index contributed by atoms with van der Waals surface area (Å²) >= 11 is 0. The molecule has 0 unspecified atom stereocenters. The van der Waals surface area contributed by atoms with E-state index < -0.39 is 38.5 Å². The minimum absolute atomic E-state index is 0.136. The van der Waals surface area contributed by atoms with Gasteiger partial charge in [0.1, 0.15) is 22.2 Å². The molecule has 1 aromatic heterocycles. The number of carbonyl (C=O) groups excluding carboxylic acids is 1. The summed E-state index contributed by atoms with van der Waals surface area (Å²) in [4.78, 5) is 20.6. The van der Waals surface area contributed by atoms with Crippen LogP contribution in [0.1, 0.15) is 35.0 Å². The lowest BCUT2D eigenvalue weighted by Gasteiger charge is -2.40. The van der Waals surface area contributed by atoms with Crippen molar-refractivity contribution in [2.75, 3.05) is 19.0 Å². The molecule has 2 aliphatic heterocycles. The third-order valence-corrected chi connectivity index (χ3v) is 8.15. The Morgan fingerprint density at radius 1 is 1.30 bits per heavy atom. The van der Waals surface area contributed by atoms with Crippen molar-refractivity contribution >= 4 is 27.6 Å². The number of aliphatic imine (C=N–C) groups is 1. The molecule has 2 aliphatic rings. The summed E-state index contributed by atoms with van der Waals surface area (Å²) in [5.74, 6) is -0.522. The van der Waals surface area contributed by atoms with Crippen LogP contribution in [0.25, 0.3) is 0 Å². The van der Waals surface area contributed by atoms with Crippen LogP contribution >= 0.6 is 0 Å². The van der Waals surface area contributed by atoms with Crippen LogP contribution in [0.3, 0.4) is 0 Å². The number of aromatic nitrogens is 1. The molecule has 0 saturated carbocycles. The molecule has 33 heavy (non-hydrogen) atoms. The highest BCUT2D eigenvalue weighted by atomic mass is 32.2. The quantitative estimate of drug-likeness (QED) is 0.675. The Labute approximate surface area is 187 Å². The molecular weight excluding hydrogens is 463 g/mol. The number of benzene rings is 1. The first-order chi connectivity index (χ1) is 15.3. The second-order valence-corrected chi connectivity index (χ2v) is 10.00. The molecule has 1 aromatic carbocycles. The van der Waals surface area contributed by atoms with Gasteiger partial charge in [-0.1, -0.05) is 0 Å². The van der Waals surface area contributed by atoms with Gasteiger partial charge in [-0.2, -0.15) is 13.2 Å². The largest absolute Gasteiger partial charge is 0.493 e. The lowest BCUT2D eigenvalue weighted by molar-refractivity contribution is -0.137. The van der Waals surface area contributed by atoms with E-state index in [9.17, 15) is 26.4 Å². The zero-order valence-corrected chi connectivity index (χ0v) is 18.4. The molecular formula is C20H20F3N5O4S. The SMILES string of the molecule is CN1C(N)=N[C@]2(C)c3cc(NC(=O)c4ccc(C(F)(F)F)cn4)ccc3OCC[C@@H]2S1(=O)=O. The lowest BCUT2D eigenvalue weighted by Crippen LogP contribution is -2.56. The van der Waals surface area contributed by atoms with Gasteiger partial charge in [-0.05, 0) is 37.3 Å².